The van der Waals surface area contributed by atoms with Gasteiger partial charge in [-0.25, -0.2) is 4.79 Å². The first kappa shape index (κ1) is 31.1. The van der Waals surface area contributed by atoms with Crippen LogP contribution >= 0.6 is 0 Å². The third-order valence-corrected chi connectivity index (χ3v) is 6.88. The molecule has 1 aliphatic carbocycles. The van der Waals surface area contributed by atoms with E-state index >= 15 is 0 Å². The van der Waals surface area contributed by atoms with E-state index in [9.17, 15) is 28.8 Å². The Kier molecular flexibility index (Phi) is 10.4. The fourth-order valence-corrected chi connectivity index (χ4v) is 4.95. The Bertz CT molecular complexity index is 1410. The van der Waals surface area contributed by atoms with Crippen molar-refractivity contribution in [1.82, 2.24) is 15.7 Å². The zero-order valence-corrected chi connectivity index (χ0v) is 23.2. The number of hydrogen-bond donors (Lipinski definition) is 5. The van der Waals surface area contributed by atoms with Crippen LogP contribution < -0.4 is 16.0 Å². The average molecular weight is 597 g/mol. The summed E-state index contributed by atoms with van der Waals surface area (Å²) in [4.78, 5) is 78.1. The van der Waals surface area contributed by atoms with Crippen LogP contribution in [0.2, 0.25) is 0 Å². The molecule has 0 aromatic heterocycles. The Morgan fingerprint density at radius 1 is 0.884 bits per heavy atom. The van der Waals surface area contributed by atoms with Crippen LogP contribution in [0.4, 0.5) is 10.5 Å². The van der Waals surface area contributed by atoms with Gasteiger partial charge in [-0.05, 0) is 46.9 Å². The van der Waals surface area contributed by atoms with E-state index in [-0.39, 0.29) is 70.4 Å². The molecule has 14 heteroatoms. The lowest BCUT2D eigenvalue weighted by Gasteiger charge is -2.17. The van der Waals surface area contributed by atoms with Crippen molar-refractivity contribution in [3.63, 3.8) is 0 Å². The second-order valence-electron chi connectivity index (χ2n) is 9.81. The molecule has 5 amide bonds. The maximum absolute atomic E-state index is 12.9. The summed E-state index contributed by atoms with van der Waals surface area (Å²) in [6, 6.07) is 10.2. The van der Waals surface area contributed by atoms with E-state index in [0.29, 0.717) is 45.0 Å². The maximum Gasteiger partial charge on any atom is 0.533 e. The molecule has 0 saturated carbocycles. The minimum absolute atomic E-state index is 0.0513. The number of nitrogens with one attached hydrogen (secondary N) is 3. The van der Waals surface area contributed by atoms with Crippen LogP contribution in [0.25, 0.3) is 11.1 Å². The topological polar surface area (TPSA) is 201 Å². The maximum atomic E-state index is 12.9. The standard InChI is InChI=1S/C29H32N4O10/c34-13-11-30-23(36)5-2-6-24(37)32-17-7-8-19-21(15-17)22(16-42-29(41)43-33-25(38)9-10-26(33)39)18-3-1-4-20(27(18)19)28(40)31-12-14-35/h1,3-4,7-8,15,22,34-35H,2,5-6,9-14,16H2,(H,30,36)(H,31,40)(H,32,37). The quantitative estimate of drug-likeness (QED) is 0.164. The molecule has 1 heterocycles. The summed E-state index contributed by atoms with van der Waals surface area (Å²) in [5, 5.41) is 26.3. The van der Waals surface area contributed by atoms with Crippen LogP contribution in [0.1, 0.15) is 59.5 Å². The van der Waals surface area contributed by atoms with E-state index in [4.69, 9.17) is 19.8 Å². The van der Waals surface area contributed by atoms with Gasteiger partial charge in [0.1, 0.15) is 6.61 Å². The lowest BCUT2D eigenvalue weighted by molar-refractivity contribution is -0.177. The number of nitrogens with zero attached hydrogens (tertiary/aromatic N) is 1. The highest BCUT2D eigenvalue weighted by molar-refractivity contribution is 6.04. The summed E-state index contributed by atoms with van der Waals surface area (Å²) in [7, 11) is 0. The molecule has 228 valence electrons. The van der Waals surface area contributed by atoms with Gasteiger partial charge in [0.2, 0.25) is 11.8 Å². The van der Waals surface area contributed by atoms with Gasteiger partial charge in [0, 0.05) is 55.9 Å². The van der Waals surface area contributed by atoms with Crippen LogP contribution in [0.15, 0.2) is 36.4 Å². The molecule has 1 fully saturated rings. The zero-order chi connectivity index (χ0) is 30.9. The van der Waals surface area contributed by atoms with E-state index in [2.05, 4.69) is 16.0 Å². The van der Waals surface area contributed by atoms with Crippen molar-refractivity contribution in [2.75, 3.05) is 38.2 Å². The number of carbonyl (C=O) groups excluding carboxylic acids is 6. The fraction of sp³-hybridized carbons (Fsp3) is 0.379. The molecule has 1 unspecified atom stereocenters. The first-order valence-electron chi connectivity index (χ1n) is 13.8. The molecule has 2 aromatic carbocycles. The lowest BCUT2D eigenvalue weighted by Crippen LogP contribution is -2.32. The highest BCUT2D eigenvalue weighted by Crippen LogP contribution is 2.47. The number of aliphatic hydroxyl groups is 2. The number of benzene rings is 2. The molecule has 43 heavy (non-hydrogen) atoms. The van der Waals surface area contributed by atoms with E-state index < -0.39 is 29.8 Å². The molecule has 5 N–H and O–H groups in total. The second kappa shape index (κ2) is 14.4. The highest BCUT2D eigenvalue weighted by Gasteiger charge is 2.36. The van der Waals surface area contributed by atoms with Crippen molar-refractivity contribution in [2.45, 2.75) is 38.0 Å². The van der Waals surface area contributed by atoms with Crippen molar-refractivity contribution in [3.05, 3.63) is 53.1 Å². The number of anilines is 1. The SMILES string of the molecule is O=C(CCCC(=O)Nc1ccc2c(c1)C(COC(=O)ON1C(=O)CCC1=O)c1cccc(C(=O)NCCO)c1-2)NCCO. The number of imide groups is 1. The van der Waals surface area contributed by atoms with Crippen LogP contribution in [0.5, 0.6) is 0 Å². The second-order valence-corrected chi connectivity index (χ2v) is 9.81. The van der Waals surface area contributed by atoms with Crippen molar-refractivity contribution < 1.29 is 48.6 Å². The van der Waals surface area contributed by atoms with Crippen molar-refractivity contribution in [3.8, 4) is 11.1 Å². The number of hydroxylamine groups is 2. The fourth-order valence-electron chi connectivity index (χ4n) is 4.95. The lowest BCUT2D eigenvalue weighted by atomic mass is 9.96. The predicted octanol–water partition coefficient (Wildman–Crippen LogP) is 0.955. The first-order chi connectivity index (χ1) is 20.7. The molecular formula is C29H32N4O10. The minimum atomic E-state index is -1.25. The molecule has 1 aliphatic heterocycles. The third-order valence-electron chi connectivity index (χ3n) is 6.88. The van der Waals surface area contributed by atoms with Gasteiger partial charge in [0.15, 0.2) is 0 Å². The summed E-state index contributed by atoms with van der Waals surface area (Å²) in [5.41, 5.74) is 3.32. The van der Waals surface area contributed by atoms with Gasteiger partial charge in [-0.2, -0.15) is 0 Å². The Balaban J connectivity index is 1.53. The van der Waals surface area contributed by atoms with Gasteiger partial charge in [0.25, 0.3) is 17.7 Å². The number of fused-ring (bicyclic) bond motifs is 3. The Morgan fingerprint density at radius 2 is 1.58 bits per heavy atom. The van der Waals surface area contributed by atoms with Crippen molar-refractivity contribution in [1.29, 1.82) is 0 Å². The molecular weight excluding hydrogens is 564 g/mol. The van der Waals surface area contributed by atoms with Crippen LogP contribution in [0, 0.1) is 0 Å². The highest BCUT2D eigenvalue weighted by atomic mass is 16.8. The van der Waals surface area contributed by atoms with Gasteiger partial charge < -0.3 is 30.9 Å². The molecule has 2 aromatic rings. The Hall–Kier alpha value is -4.82. The Labute approximate surface area is 246 Å². The Morgan fingerprint density at radius 3 is 2.30 bits per heavy atom. The molecule has 2 aliphatic rings. The van der Waals surface area contributed by atoms with Crippen LogP contribution in [-0.4, -0.2) is 83.9 Å². The minimum Gasteiger partial charge on any atom is -0.432 e. The molecule has 14 nitrogen and oxygen atoms in total. The third kappa shape index (κ3) is 7.53. The van der Waals surface area contributed by atoms with Gasteiger partial charge in [-0.1, -0.05) is 23.3 Å². The van der Waals surface area contributed by atoms with Crippen LogP contribution in [0.3, 0.4) is 0 Å². The van der Waals surface area contributed by atoms with Gasteiger partial charge >= 0.3 is 6.16 Å². The van der Waals surface area contributed by atoms with Gasteiger partial charge in [-0.3, -0.25) is 28.8 Å². The smallest absolute Gasteiger partial charge is 0.432 e. The summed E-state index contributed by atoms with van der Waals surface area (Å²) < 4.78 is 5.31. The van der Waals surface area contributed by atoms with E-state index in [1.54, 1.807) is 36.4 Å². The summed E-state index contributed by atoms with van der Waals surface area (Å²) in [6.07, 6.45) is -0.886. The average Bonchev–Trinajstić information content (AvgIpc) is 3.48. The monoisotopic (exact) mass is 596 g/mol. The summed E-state index contributed by atoms with van der Waals surface area (Å²) >= 11 is 0. The number of amides is 5. The molecule has 0 spiro atoms. The molecule has 4 rings (SSSR count). The number of carbonyl (C=O) groups is 6. The van der Waals surface area contributed by atoms with E-state index in [0.717, 1.165) is 0 Å². The first-order valence-corrected chi connectivity index (χ1v) is 13.8. The molecule has 0 radical (unpaired) electrons. The molecule has 1 saturated heterocycles. The predicted molar refractivity (Wildman–Crippen MR) is 149 cm³/mol. The number of hydrogen-bond acceptors (Lipinski definition) is 10. The summed E-state index contributed by atoms with van der Waals surface area (Å²) in [6.45, 7) is -0.486. The molecule has 0 bridgehead atoms. The van der Waals surface area contributed by atoms with Crippen molar-refractivity contribution >= 4 is 41.4 Å². The largest absolute Gasteiger partial charge is 0.533 e. The van der Waals surface area contributed by atoms with Crippen molar-refractivity contribution in [2.24, 2.45) is 0 Å². The van der Waals surface area contributed by atoms with E-state index in [1.807, 2.05) is 0 Å². The number of aliphatic hydroxyl groups excluding tert-OH is 2. The van der Waals surface area contributed by atoms with Crippen LogP contribution in [-0.2, 0) is 28.8 Å². The van der Waals surface area contributed by atoms with E-state index in [1.165, 1.54) is 0 Å². The summed E-state index contributed by atoms with van der Waals surface area (Å²) in [5.74, 6) is -2.91. The zero-order valence-electron chi connectivity index (χ0n) is 23.2. The van der Waals surface area contributed by atoms with Gasteiger partial charge in [-0.15, -0.1) is 0 Å². The molecule has 1 atom stereocenters. The van der Waals surface area contributed by atoms with Gasteiger partial charge in [0.05, 0.1) is 13.2 Å². The number of rotatable bonds is 13. The normalized spacial score (nSPS) is 15.0. The number of ether oxygens (including phenoxy) is 1.